The maximum absolute atomic E-state index is 12.0. The molecule has 0 atom stereocenters. The second-order valence-electron chi connectivity index (χ2n) is 6.09. The van der Waals surface area contributed by atoms with E-state index in [9.17, 15) is 14.7 Å². The molecule has 0 bridgehead atoms. The van der Waals surface area contributed by atoms with Crippen molar-refractivity contribution in [2.24, 2.45) is 0 Å². The van der Waals surface area contributed by atoms with Gasteiger partial charge in [0, 0.05) is 11.6 Å². The summed E-state index contributed by atoms with van der Waals surface area (Å²) in [6, 6.07) is 13.8. The molecule has 7 heteroatoms. The summed E-state index contributed by atoms with van der Waals surface area (Å²) in [5.41, 5.74) is 3.34. The van der Waals surface area contributed by atoms with Crippen LogP contribution in [0.25, 0.3) is 11.3 Å². The number of nitrogens with zero attached hydrogens (tertiary/aromatic N) is 1. The van der Waals surface area contributed by atoms with Crippen molar-refractivity contribution in [3.63, 3.8) is 0 Å². The number of hydrogen-bond donors (Lipinski definition) is 2. The van der Waals surface area contributed by atoms with E-state index >= 15 is 0 Å². The largest absolute Gasteiger partial charge is 0.507 e. The molecule has 0 aliphatic carbocycles. The van der Waals surface area contributed by atoms with Crippen molar-refractivity contribution < 1.29 is 24.0 Å². The van der Waals surface area contributed by atoms with Gasteiger partial charge in [-0.3, -0.25) is 10.1 Å². The molecule has 0 spiro atoms. The molecule has 0 saturated heterocycles. The number of carbonyl (C=O) groups is 2. The predicted molar refractivity (Wildman–Crippen MR) is 98.4 cm³/mol. The third kappa shape index (κ3) is 4.52. The quantitative estimate of drug-likeness (QED) is 0.671. The maximum Gasteiger partial charge on any atom is 0.342 e. The molecule has 3 rings (SSSR count). The van der Waals surface area contributed by atoms with Gasteiger partial charge in [-0.15, -0.1) is 0 Å². The summed E-state index contributed by atoms with van der Waals surface area (Å²) in [4.78, 5) is 23.9. The third-order valence-corrected chi connectivity index (χ3v) is 3.83. The van der Waals surface area contributed by atoms with Crippen LogP contribution in [0, 0.1) is 13.8 Å². The zero-order chi connectivity index (χ0) is 19.4. The first-order valence-electron chi connectivity index (χ1n) is 8.23. The van der Waals surface area contributed by atoms with Crippen molar-refractivity contribution >= 4 is 17.8 Å². The van der Waals surface area contributed by atoms with Crippen LogP contribution in [0.15, 0.2) is 53.1 Å². The van der Waals surface area contributed by atoms with Crippen LogP contribution in [0.1, 0.15) is 21.5 Å². The van der Waals surface area contributed by atoms with E-state index in [4.69, 9.17) is 9.26 Å². The lowest BCUT2D eigenvalue weighted by molar-refractivity contribution is -0.119. The fourth-order valence-electron chi connectivity index (χ4n) is 2.39. The van der Waals surface area contributed by atoms with Crippen LogP contribution in [-0.2, 0) is 9.53 Å². The van der Waals surface area contributed by atoms with Gasteiger partial charge in [0.15, 0.2) is 6.61 Å². The van der Waals surface area contributed by atoms with Crippen LogP contribution in [0.4, 0.5) is 5.88 Å². The molecule has 0 aliphatic heterocycles. The number of amides is 1. The Labute approximate surface area is 155 Å². The van der Waals surface area contributed by atoms with Gasteiger partial charge in [0.05, 0.1) is 0 Å². The summed E-state index contributed by atoms with van der Waals surface area (Å²) in [6.45, 7) is 3.24. The Kier molecular flexibility index (Phi) is 5.21. The SMILES string of the molecule is Cc1ccc(-c2cc(NC(=O)COC(=O)c3cc(C)ccc3O)on2)cc1. The Morgan fingerprint density at radius 3 is 2.52 bits per heavy atom. The zero-order valence-corrected chi connectivity index (χ0v) is 14.9. The normalized spacial score (nSPS) is 10.4. The standard InChI is InChI=1S/C20H18N2O5/c1-12-3-6-14(7-4-12)16-10-19(27-22-16)21-18(24)11-26-20(25)15-9-13(2)5-8-17(15)23/h3-10,23H,11H2,1-2H3,(H,21,24). The minimum absolute atomic E-state index is 0.00382. The molecule has 1 amide bonds. The van der Waals surface area contributed by atoms with Gasteiger partial charge in [-0.05, 0) is 26.0 Å². The average Bonchev–Trinajstić information content (AvgIpc) is 3.10. The Bertz CT molecular complexity index is 976. The average molecular weight is 366 g/mol. The number of aryl methyl sites for hydroxylation is 2. The molecule has 3 aromatic rings. The minimum atomic E-state index is -0.788. The van der Waals surface area contributed by atoms with E-state index in [1.54, 1.807) is 19.1 Å². The van der Waals surface area contributed by atoms with Crippen LogP contribution >= 0.6 is 0 Å². The van der Waals surface area contributed by atoms with Crippen molar-refractivity contribution in [1.29, 1.82) is 0 Å². The number of phenols is 1. The number of rotatable bonds is 5. The van der Waals surface area contributed by atoms with E-state index in [0.717, 1.165) is 16.7 Å². The fourth-order valence-corrected chi connectivity index (χ4v) is 2.39. The monoisotopic (exact) mass is 366 g/mol. The van der Waals surface area contributed by atoms with E-state index in [-0.39, 0.29) is 17.2 Å². The number of carbonyl (C=O) groups excluding carboxylic acids is 2. The van der Waals surface area contributed by atoms with Gasteiger partial charge in [0.1, 0.15) is 17.0 Å². The second-order valence-corrected chi connectivity index (χ2v) is 6.09. The van der Waals surface area contributed by atoms with Gasteiger partial charge in [-0.25, -0.2) is 4.79 Å². The summed E-state index contributed by atoms with van der Waals surface area (Å²) in [5.74, 6) is -1.43. The molecule has 0 aliphatic rings. The lowest BCUT2D eigenvalue weighted by atomic mass is 10.1. The van der Waals surface area contributed by atoms with Crippen molar-refractivity contribution in [3.05, 3.63) is 65.2 Å². The molecule has 0 unspecified atom stereocenters. The summed E-state index contributed by atoms with van der Waals surface area (Å²) in [6.07, 6.45) is 0. The summed E-state index contributed by atoms with van der Waals surface area (Å²) in [7, 11) is 0. The Hall–Kier alpha value is -3.61. The lowest BCUT2D eigenvalue weighted by Crippen LogP contribution is -2.20. The molecule has 1 aromatic heterocycles. The molecular formula is C20H18N2O5. The molecule has 0 radical (unpaired) electrons. The van der Waals surface area contributed by atoms with E-state index in [1.807, 2.05) is 31.2 Å². The van der Waals surface area contributed by atoms with Gasteiger partial charge in [-0.1, -0.05) is 46.6 Å². The number of phenolic OH excluding ortho intramolecular Hbond substituents is 1. The number of nitrogens with one attached hydrogen (secondary N) is 1. The number of hydrogen-bond acceptors (Lipinski definition) is 6. The first-order valence-corrected chi connectivity index (χ1v) is 8.23. The molecule has 0 saturated carbocycles. The number of ether oxygens (including phenoxy) is 1. The Morgan fingerprint density at radius 2 is 1.78 bits per heavy atom. The molecule has 1 heterocycles. The van der Waals surface area contributed by atoms with E-state index in [2.05, 4.69) is 10.5 Å². The molecule has 138 valence electrons. The smallest absolute Gasteiger partial charge is 0.342 e. The molecule has 2 N–H and O–H groups in total. The number of esters is 1. The Balaban J connectivity index is 1.57. The lowest BCUT2D eigenvalue weighted by Gasteiger charge is -2.06. The summed E-state index contributed by atoms with van der Waals surface area (Å²) >= 11 is 0. The Morgan fingerprint density at radius 1 is 1.07 bits per heavy atom. The van der Waals surface area contributed by atoms with E-state index in [0.29, 0.717) is 5.69 Å². The minimum Gasteiger partial charge on any atom is -0.507 e. The van der Waals surface area contributed by atoms with Crippen molar-refractivity contribution in [2.45, 2.75) is 13.8 Å². The number of aromatic hydroxyl groups is 1. The van der Waals surface area contributed by atoms with Gasteiger partial charge in [0.25, 0.3) is 5.91 Å². The van der Waals surface area contributed by atoms with Gasteiger partial charge < -0.3 is 14.4 Å². The van der Waals surface area contributed by atoms with Crippen LogP contribution in [0.5, 0.6) is 5.75 Å². The fraction of sp³-hybridized carbons (Fsp3) is 0.150. The third-order valence-electron chi connectivity index (χ3n) is 3.83. The topological polar surface area (TPSA) is 102 Å². The first kappa shape index (κ1) is 18.2. The summed E-state index contributed by atoms with van der Waals surface area (Å²) in [5, 5.41) is 16.1. The summed E-state index contributed by atoms with van der Waals surface area (Å²) < 4.78 is 10.0. The maximum atomic E-state index is 12.0. The first-order chi connectivity index (χ1) is 12.9. The van der Waals surface area contributed by atoms with Crippen molar-refractivity contribution in [2.75, 3.05) is 11.9 Å². The van der Waals surface area contributed by atoms with E-state index < -0.39 is 18.5 Å². The van der Waals surface area contributed by atoms with E-state index in [1.165, 1.54) is 12.1 Å². The molecule has 27 heavy (non-hydrogen) atoms. The second kappa shape index (κ2) is 7.74. The highest BCUT2D eigenvalue weighted by Crippen LogP contribution is 2.22. The van der Waals surface area contributed by atoms with Gasteiger partial charge in [0.2, 0.25) is 5.88 Å². The zero-order valence-electron chi connectivity index (χ0n) is 14.9. The number of anilines is 1. The number of benzene rings is 2. The van der Waals surface area contributed by atoms with Crippen LogP contribution in [0.3, 0.4) is 0 Å². The van der Waals surface area contributed by atoms with Crippen molar-refractivity contribution in [1.82, 2.24) is 5.16 Å². The molecule has 2 aromatic carbocycles. The van der Waals surface area contributed by atoms with Gasteiger partial charge >= 0.3 is 5.97 Å². The predicted octanol–water partition coefficient (Wildman–Crippen LogP) is 3.46. The van der Waals surface area contributed by atoms with Gasteiger partial charge in [-0.2, -0.15) is 0 Å². The van der Waals surface area contributed by atoms with Crippen LogP contribution in [-0.4, -0.2) is 28.7 Å². The highest BCUT2D eigenvalue weighted by Gasteiger charge is 2.16. The van der Waals surface area contributed by atoms with Crippen LogP contribution in [0.2, 0.25) is 0 Å². The number of aromatic nitrogens is 1. The van der Waals surface area contributed by atoms with Crippen LogP contribution < -0.4 is 5.32 Å². The highest BCUT2D eigenvalue weighted by atomic mass is 16.5. The molecular weight excluding hydrogens is 348 g/mol. The highest BCUT2D eigenvalue weighted by molar-refractivity contribution is 5.96. The molecule has 0 fully saturated rings. The molecule has 7 nitrogen and oxygen atoms in total. The van der Waals surface area contributed by atoms with Crippen molar-refractivity contribution in [3.8, 4) is 17.0 Å².